The van der Waals surface area contributed by atoms with Crippen molar-refractivity contribution in [2.24, 2.45) is 5.16 Å². The molecule has 2 aromatic heterocycles. The van der Waals surface area contributed by atoms with Crippen LogP contribution in [0.3, 0.4) is 0 Å². The van der Waals surface area contributed by atoms with Crippen molar-refractivity contribution in [3.8, 4) is 17.1 Å². The number of benzene rings is 3. The highest BCUT2D eigenvalue weighted by Crippen LogP contribution is 2.29. The summed E-state index contributed by atoms with van der Waals surface area (Å²) >= 11 is 0. The van der Waals surface area contributed by atoms with Crippen molar-refractivity contribution in [3.63, 3.8) is 0 Å². The first-order chi connectivity index (χ1) is 20.4. The van der Waals surface area contributed by atoms with Crippen molar-refractivity contribution in [2.75, 3.05) is 6.61 Å². The highest BCUT2D eigenvalue weighted by atomic mass is 16.7. The predicted octanol–water partition coefficient (Wildman–Crippen LogP) is 5.11. The number of fused-ring (bicyclic) bond motifs is 1. The molecule has 0 atom stereocenters. The van der Waals surface area contributed by atoms with Crippen LogP contribution in [0.5, 0.6) is 6.01 Å². The van der Waals surface area contributed by atoms with Crippen molar-refractivity contribution >= 4 is 22.8 Å². The summed E-state index contributed by atoms with van der Waals surface area (Å²) in [6, 6.07) is 21.5. The number of para-hydroxylation sites is 1. The van der Waals surface area contributed by atoms with Crippen LogP contribution in [0.1, 0.15) is 39.9 Å². The smallest absolute Gasteiger partial charge is 0.465 e. The van der Waals surface area contributed by atoms with Crippen LogP contribution in [-0.4, -0.2) is 28.0 Å². The fraction of sp³-hybridized carbons (Fsp3) is 0.161. The Balaban J connectivity index is 1.30. The largest absolute Gasteiger partial charge is 0.519 e. The lowest BCUT2D eigenvalue weighted by molar-refractivity contribution is 0.0444. The number of esters is 1. The molecule has 11 heteroatoms. The number of amidine groups is 1. The van der Waals surface area contributed by atoms with Crippen molar-refractivity contribution in [1.29, 1.82) is 0 Å². The average molecular weight is 567 g/mol. The lowest BCUT2D eigenvalue weighted by atomic mass is 9.98. The zero-order valence-corrected chi connectivity index (χ0v) is 22.9. The molecule has 3 heterocycles. The Morgan fingerprint density at radius 2 is 1.81 bits per heavy atom. The number of rotatable bonds is 9. The van der Waals surface area contributed by atoms with E-state index in [0.29, 0.717) is 47.5 Å². The second-order valence-electron chi connectivity index (χ2n) is 9.42. The van der Waals surface area contributed by atoms with Gasteiger partial charge in [0.1, 0.15) is 0 Å². The normalized spacial score (nSPS) is 12.6. The lowest BCUT2D eigenvalue weighted by Gasteiger charge is -2.13. The Labute approximate surface area is 239 Å². The Morgan fingerprint density at radius 3 is 2.50 bits per heavy atom. The van der Waals surface area contributed by atoms with E-state index in [1.807, 2.05) is 66.1 Å². The van der Waals surface area contributed by atoms with Gasteiger partial charge >= 0.3 is 11.8 Å². The van der Waals surface area contributed by atoms with E-state index >= 15 is 0 Å². The maximum Gasteiger partial charge on any atom is 0.519 e. The first-order valence-corrected chi connectivity index (χ1v) is 13.2. The molecule has 0 saturated carbocycles. The molecule has 3 aromatic carbocycles. The van der Waals surface area contributed by atoms with E-state index < -0.39 is 11.8 Å². The Hall–Kier alpha value is -5.58. The van der Waals surface area contributed by atoms with Crippen molar-refractivity contribution in [2.45, 2.75) is 27.0 Å². The minimum atomic E-state index is -0.849. The zero-order valence-electron chi connectivity index (χ0n) is 22.9. The van der Waals surface area contributed by atoms with E-state index in [9.17, 15) is 9.59 Å². The maximum atomic E-state index is 13.2. The fourth-order valence-corrected chi connectivity index (χ4v) is 4.74. The first-order valence-electron chi connectivity index (χ1n) is 13.2. The molecule has 11 nitrogen and oxygen atoms in total. The maximum absolute atomic E-state index is 13.2. The fourth-order valence-electron chi connectivity index (χ4n) is 4.74. The standard InChI is InChI=1S/C31H26N4O7/c1-4-38-30-33-25-11-7-10-24(29(36)39-17-26-18(2)40-31(37)41-26)27(25)35(30)16-20-12-14-21(15-13-20)22-8-5-6-9-23(22)28-32-19(3)42-34-28/h5-15H,3-4,16-17H2,1-2H3,(H,32,34). The molecule has 42 heavy (non-hydrogen) atoms. The summed E-state index contributed by atoms with van der Waals surface area (Å²) in [5.74, 6) is -0.0748. The monoisotopic (exact) mass is 566 g/mol. The molecule has 0 aliphatic carbocycles. The quantitative estimate of drug-likeness (QED) is 0.242. The SMILES string of the molecule is C=C1NC(c2ccccc2-c2ccc(Cn3c(OCC)nc4cccc(C(=O)OCc5oc(=O)oc5C)c43)cc2)=NO1. The number of hydrogen-bond donors (Lipinski definition) is 1. The molecule has 0 unspecified atom stereocenters. The van der Waals surface area contributed by atoms with Crippen molar-refractivity contribution in [3.05, 3.63) is 118 Å². The van der Waals surface area contributed by atoms with Crippen LogP contribution < -0.4 is 15.9 Å². The summed E-state index contributed by atoms with van der Waals surface area (Å²) in [4.78, 5) is 34.3. The van der Waals surface area contributed by atoms with Gasteiger partial charge in [0.05, 0.1) is 29.7 Å². The van der Waals surface area contributed by atoms with E-state index in [2.05, 4.69) is 22.0 Å². The molecule has 1 aliphatic heterocycles. The molecule has 0 radical (unpaired) electrons. The molecule has 0 bridgehead atoms. The van der Waals surface area contributed by atoms with Crippen LogP contribution in [0.2, 0.25) is 0 Å². The van der Waals surface area contributed by atoms with Gasteiger partial charge in [-0.2, -0.15) is 4.98 Å². The van der Waals surface area contributed by atoms with Crippen LogP contribution in [0, 0.1) is 6.92 Å². The number of carbonyl (C=O) groups is 1. The second kappa shape index (κ2) is 11.1. The Bertz CT molecular complexity index is 1900. The number of aromatic nitrogens is 2. The third-order valence-corrected chi connectivity index (χ3v) is 6.69. The van der Waals surface area contributed by atoms with Gasteiger partial charge < -0.3 is 28.5 Å². The van der Waals surface area contributed by atoms with E-state index in [4.69, 9.17) is 23.1 Å². The van der Waals surface area contributed by atoms with Gasteiger partial charge in [-0.15, -0.1) is 0 Å². The van der Waals surface area contributed by atoms with Crippen LogP contribution in [-0.2, 0) is 22.7 Å². The Morgan fingerprint density at radius 1 is 1.02 bits per heavy atom. The summed E-state index contributed by atoms with van der Waals surface area (Å²) < 4.78 is 23.0. The third kappa shape index (κ3) is 5.15. The number of nitrogens with one attached hydrogen (secondary N) is 1. The van der Waals surface area contributed by atoms with Crippen molar-refractivity contribution in [1.82, 2.24) is 14.9 Å². The third-order valence-electron chi connectivity index (χ3n) is 6.69. The van der Waals surface area contributed by atoms with Crippen LogP contribution >= 0.6 is 0 Å². The molecule has 5 aromatic rings. The molecule has 6 rings (SSSR count). The summed E-state index contributed by atoms with van der Waals surface area (Å²) in [6.07, 6.45) is 0. The van der Waals surface area contributed by atoms with Crippen LogP contribution in [0.15, 0.2) is 98.0 Å². The van der Waals surface area contributed by atoms with E-state index in [1.54, 1.807) is 19.1 Å². The number of ether oxygens (including phenoxy) is 2. The van der Waals surface area contributed by atoms with E-state index in [-0.39, 0.29) is 18.1 Å². The molecule has 1 aliphatic rings. The van der Waals surface area contributed by atoms with Gasteiger partial charge in [-0.25, -0.2) is 9.59 Å². The minimum absolute atomic E-state index is 0.152. The predicted molar refractivity (Wildman–Crippen MR) is 153 cm³/mol. The first kappa shape index (κ1) is 26.6. The molecule has 1 N–H and O–H groups in total. The number of oxime groups is 1. The molecular formula is C31H26N4O7. The van der Waals surface area contributed by atoms with Crippen molar-refractivity contribution < 1.29 is 27.9 Å². The number of imidazole rings is 1. The zero-order chi connectivity index (χ0) is 29.2. The average Bonchev–Trinajstić information content (AvgIpc) is 3.68. The lowest BCUT2D eigenvalue weighted by Crippen LogP contribution is -2.18. The van der Waals surface area contributed by atoms with Gasteiger partial charge in [0.15, 0.2) is 24.0 Å². The number of hydrogen-bond acceptors (Lipinski definition) is 10. The number of carbonyl (C=O) groups excluding carboxylic acids is 1. The van der Waals surface area contributed by atoms with Gasteiger partial charge in [-0.3, -0.25) is 4.57 Å². The van der Waals surface area contributed by atoms with Gasteiger partial charge in [-0.1, -0.05) is 59.8 Å². The summed E-state index contributed by atoms with van der Waals surface area (Å²) in [7, 11) is 0. The summed E-state index contributed by atoms with van der Waals surface area (Å²) in [6.45, 7) is 7.72. The molecule has 0 fully saturated rings. The van der Waals surface area contributed by atoms with Gasteiger partial charge in [-0.05, 0) is 49.2 Å². The Kier molecular flexibility index (Phi) is 7.05. The highest BCUT2D eigenvalue weighted by molar-refractivity contribution is 6.05. The number of nitrogens with zero attached hydrogens (tertiary/aromatic N) is 3. The molecule has 0 spiro atoms. The number of aryl methyl sites for hydroxylation is 1. The molecule has 0 amide bonds. The topological polar surface area (TPSA) is 130 Å². The molecular weight excluding hydrogens is 540 g/mol. The van der Waals surface area contributed by atoms with Crippen LogP contribution in [0.25, 0.3) is 22.2 Å². The second-order valence-corrected chi connectivity index (χ2v) is 9.42. The highest BCUT2D eigenvalue weighted by Gasteiger charge is 2.22. The van der Waals surface area contributed by atoms with Gasteiger partial charge in [0.25, 0.3) is 6.01 Å². The summed E-state index contributed by atoms with van der Waals surface area (Å²) in [5.41, 5.74) is 5.26. The molecule has 0 saturated heterocycles. The van der Waals surface area contributed by atoms with Crippen LogP contribution in [0.4, 0.5) is 0 Å². The van der Waals surface area contributed by atoms with Gasteiger partial charge in [0, 0.05) is 5.56 Å². The minimum Gasteiger partial charge on any atom is -0.465 e. The molecule has 212 valence electrons. The van der Waals surface area contributed by atoms with Gasteiger partial charge in [0.2, 0.25) is 5.88 Å². The van der Waals surface area contributed by atoms with E-state index in [0.717, 1.165) is 22.3 Å². The summed E-state index contributed by atoms with van der Waals surface area (Å²) in [5, 5.41) is 7.12. The van der Waals surface area contributed by atoms with E-state index in [1.165, 1.54) is 0 Å².